The van der Waals surface area contributed by atoms with Crippen LogP contribution in [0.25, 0.3) is 0 Å². The van der Waals surface area contributed by atoms with E-state index in [1.54, 1.807) is 6.92 Å². The molecule has 3 heterocycles. The van der Waals surface area contributed by atoms with Crippen LogP contribution in [0.3, 0.4) is 0 Å². The molecule has 2 bridgehead atoms. The molecule has 3 aliphatic rings. The third kappa shape index (κ3) is 3.67. The number of carbonyl (C=O) groups is 1. The molecule has 3 aliphatic heterocycles. The number of nitrogens with zero attached hydrogens (tertiary/aromatic N) is 1. The molecule has 104 valence electrons. The number of esters is 1. The minimum atomic E-state index is -0.639. The third-order valence-electron chi connectivity index (χ3n) is 3.98. The van der Waals surface area contributed by atoms with Crippen LogP contribution in [0.15, 0.2) is 0 Å². The second kappa shape index (κ2) is 6.50. The first-order valence-corrected chi connectivity index (χ1v) is 6.98. The van der Waals surface area contributed by atoms with Gasteiger partial charge in [-0.05, 0) is 38.8 Å². The molecule has 5 nitrogen and oxygen atoms in total. The van der Waals surface area contributed by atoms with Crippen molar-refractivity contribution in [3.63, 3.8) is 0 Å². The fourth-order valence-electron chi connectivity index (χ4n) is 2.97. The molecule has 5 heteroatoms. The molecule has 0 spiro atoms. The van der Waals surface area contributed by atoms with Crippen molar-refractivity contribution in [3.8, 4) is 0 Å². The van der Waals surface area contributed by atoms with Crippen LogP contribution in [0.5, 0.6) is 0 Å². The summed E-state index contributed by atoms with van der Waals surface area (Å²) < 4.78 is 4.82. The monoisotopic (exact) mass is 256 g/mol. The van der Waals surface area contributed by atoms with Gasteiger partial charge in [0.1, 0.15) is 0 Å². The van der Waals surface area contributed by atoms with Gasteiger partial charge in [-0.1, -0.05) is 0 Å². The molecule has 3 fully saturated rings. The highest BCUT2D eigenvalue weighted by atomic mass is 16.5. The first kappa shape index (κ1) is 13.8. The summed E-state index contributed by atoms with van der Waals surface area (Å²) in [7, 11) is 0. The van der Waals surface area contributed by atoms with Gasteiger partial charge in [-0.3, -0.25) is 4.79 Å². The van der Waals surface area contributed by atoms with Crippen molar-refractivity contribution in [1.29, 1.82) is 0 Å². The van der Waals surface area contributed by atoms with Gasteiger partial charge >= 0.3 is 5.97 Å². The quantitative estimate of drug-likeness (QED) is 0.654. The van der Waals surface area contributed by atoms with Crippen LogP contribution in [0.4, 0.5) is 0 Å². The summed E-state index contributed by atoms with van der Waals surface area (Å²) in [6.07, 6.45) is 1.96. The van der Waals surface area contributed by atoms with Gasteiger partial charge in [-0.2, -0.15) is 0 Å². The van der Waals surface area contributed by atoms with Crippen LogP contribution in [-0.2, 0) is 9.53 Å². The second-order valence-electron chi connectivity index (χ2n) is 5.32. The number of hydrogen-bond donors (Lipinski definition) is 2. The number of piperidine rings is 3. The lowest BCUT2D eigenvalue weighted by Crippen LogP contribution is -2.57. The van der Waals surface area contributed by atoms with Crippen LogP contribution < -0.4 is 5.32 Å². The van der Waals surface area contributed by atoms with Crippen molar-refractivity contribution < 1.29 is 14.6 Å². The lowest BCUT2D eigenvalue weighted by Gasteiger charge is -2.45. The molecule has 0 aromatic rings. The Morgan fingerprint density at radius 2 is 2.22 bits per heavy atom. The summed E-state index contributed by atoms with van der Waals surface area (Å²) in [6, 6.07) is 0.476. The SMILES string of the molecule is CCOC(=O)CC(O)CNC1CN2CCC1CC2. The van der Waals surface area contributed by atoms with Crippen molar-refractivity contribution >= 4 is 5.97 Å². The van der Waals surface area contributed by atoms with Crippen LogP contribution in [-0.4, -0.2) is 60.9 Å². The van der Waals surface area contributed by atoms with Crippen LogP contribution in [0.1, 0.15) is 26.2 Å². The van der Waals surface area contributed by atoms with E-state index in [0.717, 1.165) is 12.5 Å². The molecule has 0 amide bonds. The Bertz CT molecular complexity index is 277. The highest BCUT2D eigenvalue weighted by Gasteiger charge is 2.33. The van der Waals surface area contributed by atoms with E-state index in [9.17, 15) is 9.90 Å². The molecule has 2 N–H and O–H groups in total. The van der Waals surface area contributed by atoms with E-state index in [2.05, 4.69) is 10.2 Å². The average Bonchev–Trinajstić information content (AvgIpc) is 2.38. The van der Waals surface area contributed by atoms with Crippen LogP contribution in [0, 0.1) is 5.92 Å². The van der Waals surface area contributed by atoms with Crippen molar-refractivity contribution in [2.45, 2.75) is 38.3 Å². The number of aliphatic hydroxyl groups is 1. The van der Waals surface area contributed by atoms with Gasteiger partial charge in [-0.25, -0.2) is 0 Å². The summed E-state index contributed by atoms with van der Waals surface area (Å²) in [4.78, 5) is 13.7. The van der Waals surface area contributed by atoms with E-state index in [-0.39, 0.29) is 12.4 Å². The normalized spacial score (nSPS) is 32.2. The lowest BCUT2D eigenvalue weighted by molar-refractivity contribution is -0.145. The summed E-state index contributed by atoms with van der Waals surface area (Å²) in [6.45, 7) is 6.14. The molecule has 2 unspecified atom stereocenters. The largest absolute Gasteiger partial charge is 0.466 e. The smallest absolute Gasteiger partial charge is 0.308 e. The molecular weight excluding hydrogens is 232 g/mol. The summed E-state index contributed by atoms with van der Waals surface area (Å²) in [5.74, 6) is 0.422. The third-order valence-corrected chi connectivity index (χ3v) is 3.98. The first-order chi connectivity index (χ1) is 8.69. The van der Waals surface area contributed by atoms with E-state index >= 15 is 0 Å². The molecule has 18 heavy (non-hydrogen) atoms. The Labute approximate surface area is 108 Å². The van der Waals surface area contributed by atoms with Crippen molar-refractivity contribution in [2.75, 3.05) is 32.8 Å². The number of hydrogen-bond acceptors (Lipinski definition) is 5. The van der Waals surface area contributed by atoms with Gasteiger partial charge in [0, 0.05) is 19.1 Å². The highest BCUT2D eigenvalue weighted by molar-refractivity contribution is 5.69. The van der Waals surface area contributed by atoms with Crippen LogP contribution in [0.2, 0.25) is 0 Å². The number of ether oxygens (including phenoxy) is 1. The fourth-order valence-corrected chi connectivity index (χ4v) is 2.97. The summed E-state index contributed by atoms with van der Waals surface area (Å²) in [5, 5.41) is 13.2. The van der Waals surface area contributed by atoms with Gasteiger partial charge in [0.25, 0.3) is 0 Å². The Balaban J connectivity index is 1.66. The Hall–Kier alpha value is -0.650. The maximum absolute atomic E-state index is 11.2. The molecule has 2 atom stereocenters. The van der Waals surface area contributed by atoms with E-state index < -0.39 is 6.10 Å². The zero-order valence-electron chi connectivity index (χ0n) is 11.1. The summed E-state index contributed by atoms with van der Waals surface area (Å²) in [5.41, 5.74) is 0. The highest BCUT2D eigenvalue weighted by Crippen LogP contribution is 2.27. The van der Waals surface area contributed by atoms with E-state index in [4.69, 9.17) is 4.74 Å². The average molecular weight is 256 g/mol. The number of aliphatic hydroxyl groups excluding tert-OH is 1. The van der Waals surface area contributed by atoms with Gasteiger partial charge in [-0.15, -0.1) is 0 Å². The molecule has 3 saturated heterocycles. The Kier molecular flexibility index (Phi) is 4.97. The van der Waals surface area contributed by atoms with Gasteiger partial charge in [0.2, 0.25) is 0 Å². The Morgan fingerprint density at radius 1 is 1.50 bits per heavy atom. The Morgan fingerprint density at radius 3 is 2.78 bits per heavy atom. The predicted octanol–water partition coefficient (Wildman–Crippen LogP) is -0.0157. The zero-order chi connectivity index (χ0) is 13.0. The summed E-state index contributed by atoms with van der Waals surface area (Å²) >= 11 is 0. The molecule has 0 aromatic heterocycles. The number of carbonyl (C=O) groups excluding carboxylic acids is 1. The van der Waals surface area contributed by atoms with Crippen molar-refractivity contribution in [3.05, 3.63) is 0 Å². The van der Waals surface area contributed by atoms with Gasteiger partial charge in [0.05, 0.1) is 19.1 Å². The number of rotatable bonds is 6. The van der Waals surface area contributed by atoms with E-state index in [1.165, 1.54) is 25.9 Å². The standard InChI is InChI=1S/C13H24N2O3/c1-2-18-13(17)7-11(16)8-14-12-9-15-5-3-10(12)4-6-15/h10-12,14,16H,2-9H2,1H3. The molecule has 0 radical (unpaired) electrons. The minimum Gasteiger partial charge on any atom is -0.466 e. The van der Waals surface area contributed by atoms with Crippen molar-refractivity contribution in [2.24, 2.45) is 5.92 Å². The predicted molar refractivity (Wildman–Crippen MR) is 68.2 cm³/mol. The minimum absolute atomic E-state index is 0.0853. The fraction of sp³-hybridized carbons (Fsp3) is 0.923. The molecule has 3 rings (SSSR count). The van der Waals surface area contributed by atoms with Crippen molar-refractivity contribution in [1.82, 2.24) is 10.2 Å². The molecule has 0 aromatic carbocycles. The first-order valence-electron chi connectivity index (χ1n) is 6.98. The molecule has 0 saturated carbocycles. The zero-order valence-corrected chi connectivity index (χ0v) is 11.1. The number of nitrogens with one attached hydrogen (secondary N) is 1. The maximum Gasteiger partial charge on any atom is 0.308 e. The molecule has 0 aliphatic carbocycles. The molecular formula is C13H24N2O3. The van der Waals surface area contributed by atoms with Crippen LogP contribution >= 0.6 is 0 Å². The lowest BCUT2D eigenvalue weighted by atomic mass is 9.84. The van der Waals surface area contributed by atoms with E-state index in [1.807, 2.05) is 0 Å². The maximum atomic E-state index is 11.2. The number of fused-ring (bicyclic) bond motifs is 3. The second-order valence-corrected chi connectivity index (χ2v) is 5.32. The van der Waals surface area contributed by atoms with Gasteiger partial charge < -0.3 is 20.1 Å². The van der Waals surface area contributed by atoms with E-state index in [0.29, 0.717) is 19.2 Å². The topological polar surface area (TPSA) is 61.8 Å². The van der Waals surface area contributed by atoms with Gasteiger partial charge in [0.15, 0.2) is 0 Å².